The Morgan fingerprint density at radius 1 is 1.00 bits per heavy atom. The first kappa shape index (κ1) is 16.7. The molecule has 0 N–H and O–H groups in total. The minimum Gasteiger partial charge on any atom is -0.113 e. The third-order valence-corrected chi connectivity index (χ3v) is 5.17. The third kappa shape index (κ3) is 3.74. The van der Waals surface area contributed by atoms with E-state index < -0.39 is 0 Å². The van der Waals surface area contributed by atoms with E-state index >= 15 is 0 Å². The van der Waals surface area contributed by atoms with Crippen LogP contribution in [0.2, 0.25) is 10.0 Å². The van der Waals surface area contributed by atoms with Crippen molar-refractivity contribution >= 4 is 34.8 Å². The van der Waals surface area contributed by atoms with Crippen molar-refractivity contribution in [3.05, 3.63) is 69.2 Å². The lowest BCUT2D eigenvalue weighted by Gasteiger charge is -2.24. The van der Waals surface area contributed by atoms with Gasteiger partial charge in [-0.05, 0) is 46.7 Å². The van der Waals surface area contributed by atoms with Gasteiger partial charge in [-0.2, -0.15) is 0 Å². The summed E-state index contributed by atoms with van der Waals surface area (Å²) in [5.74, 6) is 0. The lowest BCUT2D eigenvalue weighted by atomic mass is 9.82. The highest BCUT2D eigenvalue weighted by Gasteiger charge is 2.19. The van der Waals surface area contributed by atoms with Crippen LogP contribution in [0.4, 0.5) is 0 Å². The van der Waals surface area contributed by atoms with Crippen LogP contribution in [0.1, 0.15) is 49.3 Å². The van der Waals surface area contributed by atoms with Gasteiger partial charge in [0.25, 0.3) is 0 Å². The molecule has 1 unspecified atom stereocenters. The minimum atomic E-state index is -0.296. The summed E-state index contributed by atoms with van der Waals surface area (Å²) in [5.41, 5.74) is 3.35. The Labute approximate surface area is 142 Å². The Bertz CT molecular complexity index is 615. The highest BCUT2D eigenvalue weighted by molar-refractivity contribution is 6.35. The van der Waals surface area contributed by atoms with Crippen molar-refractivity contribution in [3.8, 4) is 0 Å². The second-order valence-corrected chi connectivity index (χ2v) is 7.17. The average Bonchev–Trinajstić information content (AvgIpc) is 2.49. The highest BCUT2D eigenvalue weighted by atomic mass is 35.5. The quantitative estimate of drug-likeness (QED) is 0.525. The van der Waals surface area contributed by atoms with E-state index in [1.54, 1.807) is 12.1 Å². The Balaban J connectivity index is 2.32. The van der Waals surface area contributed by atoms with Gasteiger partial charge in [-0.3, -0.25) is 0 Å². The normalized spacial score (nSPS) is 13.2. The van der Waals surface area contributed by atoms with E-state index in [9.17, 15) is 0 Å². The molecule has 0 amide bonds. The van der Waals surface area contributed by atoms with Crippen LogP contribution in [0.3, 0.4) is 0 Å². The van der Waals surface area contributed by atoms with Crippen LogP contribution in [0.5, 0.6) is 0 Å². The summed E-state index contributed by atoms with van der Waals surface area (Å²) >= 11 is 18.8. The van der Waals surface area contributed by atoms with Gasteiger partial charge in [0.1, 0.15) is 0 Å². The summed E-state index contributed by atoms with van der Waals surface area (Å²) in [4.78, 5) is 0. The lowest BCUT2D eigenvalue weighted by Crippen LogP contribution is -2.15. The molecule has 0 heterocycles. The van der Waals surface area contributed by atoms with E-state index in [4.69, 9.17) is 34.8 Å². The highest BCUT2D eigenvalue weighted by Crippen LogP contribution is 2.36. The number of alkyl halides is 1. The van der Waals surface area contributed by atoms with Crippen LogP contribution in [0.15, 0.2) is 42.5 Å². The summed E-state index contributed by atoms with van der Waals surface area (Å²) in [6.07, 6.45) is 1.09. The smallest absolute Gasteiger partial charge is 0.0850 e. The maximum atomic E-state index is 6.57. The molecule has 0 aromatic heterocycles. The fourth-order valence-electron chi connectivity index (χ4n) is 2.20. The molecule has 0 aliphatic heterocycles. The first-order valence-corrected chi connectivity index (χ1v) is 8.24. The Morgan fingerprint density at radius 2 is 1.62 bits per heavy atom. The van der Waals surface area contributed by atoms with Crippen LogP contribution in [0, 0.1) is 0 Å². The molecule has 0 bridgehead atoms. The molecule has 112 valence electrons. The summed E-state index contributed by atoms with van der Waals surface area (Å²) in [5, 5.41) is 0.983. The third-order valence-electron chi connectivity index (χ3n) is 4.10. The van der Waals surface area contributed by atoms with Crippen LogP contribution in [0.25, 0.3) is 0 Å². The number of benzene rings is 2. The predicted molar refractivity (Wildman–Crippen MR) is 93.9 cm³/mol. The standard InChI is InChI=1S/C18H19Cl3/c1-4-18(2,3)13-7-5-12(6-8-13)17(21)15-11-14(19)9-10-16(15)20/h5-11,17H,4H2,1-3H3. The molecule has 0 radical (unpaired) electrons. The summed E-state index contributed by atoms with van der Waals surface area (Å²) in [7, 11) is 0. The fourth-order valence-corrected chi connectivity index (χ4v) is 2.98. The van der Waals surface area contributed by atoms with Crippen molar-refractivity contribution in [2.45, 2.75) is 38.0 Å². The molecule has 0 saturated carbocycles. The molecule has 0 nitrogen and oxygen atoms in total. The van der Waals surface area contributed by atoms with Gasteiger partial charge < -0.3 is 0 Å². The minimum absolute atomic E-state index is 0.175. The van der Waals surface area contributed by atoms with Crippen molar-refractivity contribution in [1.29, 1.82) is 0 Å². The van der Waals surface area contributed by atoms with Crippen molar-refractivity contribution in [1.82, 2.24) is 0 Å². The molecule has 2 rings (SSSR count). The Morgan fingerprint density at radius 3 is 2.19 bits per heavy atom. The molecule has 2 aromatic carbocycles. The van der Waals surface area contributed by atoms with Gasteiger partial charge in [0.05, 0.1) is 5.38 Å². The molecule has 3 heteroatoms. The van der Waals surface area contributed by atoms with Gasteiger partial charge in [-0.1, -0.05) is 68.2 Å². The molecule has 0 aliphatic carbocycles. The van der Waals surface area contributed by atoms with E-state index in [1.165, 1.54) is 5.56 Å². The molecular weight excluding hydrogens is 323 g/mol. The molecule has 0 aliphatic rings. The zero-order chi connectivity index (χ0) is 15.6. The first-order chi connectivity index (χ1) is 9.85. The van der Waals surface area contributed by atoms with Gasteiger partial charge in [-0.25, -0.2) is 0 Å². The Hall–Kier alpha value is -0.690. The van der Waals surface area contributed by atoms with E-state index in [-0.39, 0.29) is 10.8 Å². The van der Waals surface area contributed by atoms with Crippen LogP contribution in [-0.4, -0.2) is 0 Å². The van der Waals surface area contributed by atoms with E-state index in [0.29, 0.717) is 10.0 Å². The zero-order valence-corrected chi connectivity index (χ0v) is 14.7. The number of hydrogen-bond donors (Lipinski definition) is 0. The van der Waals surface area contributed by atoms with Gasteiger partial charge in [0.15, 0.2) is 0 Å². The average molecular weight is 342 g/mol. The van der Waals surface area contributed by atoms with Gasteiger partial charge in [0.2, 0.25) is 0 Å². The maximum absolute atomic E-state index is 6.57. The second-order valence-electron chi connectivity index (χ2n) is 5.89. The van der Waals surface area contributed by atoms with E-state index in [1.807, 2.05) is 6.07 Å². The Kier molecular flexibility index (Phi) is 5.24. The topological polar surface area (TPSA) is 0 Å². The number of hydrogen-bond acceptors (Lipinski definition) is 0. The van der Waals surface area contributed by atoms with Gasteiger partial charge in [-0.15, -0.1) is 11.6 Å². The predicted octanol–water partition coefficient (Wildman–Crippen LogP) is 7.01. The van der Waals surface area contributed by atoms with Crippen LogP contribution < -0.4 is 0 Å². The van der Waals surface area contributed by atoms with Crippen molar-refractivity contribution in [2.75, 3.05) is 0 Å². The first-order valence-electron chi connectivity index (χ1n) is 7.04. The monoisotopic (exact) mass is 340 g/mol. The molecule has 2 aromatic rings. The number of rotatable bonds is 4. The van der Waals surface area contributed by atoms with Gasteiger partial charge in [0, 0.05) is 10.0 Å². The zero-order valence-electron chi connectivity index (χ0n) is 12.5. The second kappa shape index (κ2) is 6.60. The largest absolute Gasteiger partial charge is 0.113 e. The van der Waals surface area contributed by atoms with E-state index in [2.05, 4.69) is 45.0 Å². The van der Waals surface area contributed by atoms with Gasteiger partial charge >= 0.3 is 0 Å². The molecular formula is C18H19Cl3. The molecule has 1 atom stereocenters. The molecule has 0 saturated heterocycles. The molecule has 0 spiro atoms. The molecule has 0 fully saturated rings. The SMILES string of the molecule is CCC(C)(C)c1ccc(C(Cl)c2cc(Cl)ccc2Cl)cc1. The molecule has 21 heavy (non-hydrogen) atoms. The van der Waals surface area contributed by atoms with Crippen LogP contribution >= 0.6 is 34.8 Å². The van der Waals surface area contributed by atoms with Crippen molar-refractivity contribution < 1.29 is 0 Å². The lowest BCUT2D eigenvalue weighted by molar-refractivity contribution is 0.506. The van der Waals surface area contributed by atoms with Crippen molar-refractivity contribution in [3.63, 3.8) is 0 Å². The summed E-state index contributed by atoms with van der Waals surface area (Å²) in [6.45, 7) is 6.69. The number of halogens is 3. The maximum Gasteiger partial charge on any atom is 0.0850 e. The van der Waals surface area contributed by atoms with Crippen molar-refractivity contribution in [2.24, 2.45) is 0 Å². The fraction of sp³-hybridized carbons (Fsp3) is 0.333. The summed E-state index contributed by atoms with van der Waals surface area (Å²) < 4.78 is 0. The van der Waals surface area contributed by atoms with Crippen LogP contribution in [-0.2, 0) is 5.41 Å². The van der Waals surface area contributed by atoms with E-state index in [0.717, 1.165) is 17.5 Å². The summed E-state index contributed by atoms with van der Waals surface area (Å²) in [6, 6.07) is 13.8.